The van der Waals surface area contributed by atoms with E-state index in [9.17, 15) is 19.8 Å². The maximum atomic E-state index is 12.7. The van der Waals surface area contributed by atoms with Crippen LogP contribution in [0.2, 0.25) is 0 Å². The van der Waals surface area contributed by atoms with Gasteiger partial charge < -0.3 is 10.2 Å². The van der Waals surface area contributed by atoms with Gasteiger partial charge in [0.15, 0.2) is 11.6 Å². The van der Waals surface area contributed by atoms with Crippen LogP contribution in [-0.2, 0) is 9.59 Å². The van der Waals surface area contributed by atoms with Crippen LogP contribution in [0.1, 0.15) is 119 Å². The van der Waals surface area contributed by atoms with E-state index in [1.54, 1.807) is 0 Å². The summed E-state index contributed by atoms with van der Waals surface area (Å²) in [7, 11) is 0. The van der Waals surface area contributed by atoms with Crippen molar-refractivity contribution in [1.82, 2.24) is 0 Å². The van der Waals surface area contributed by atoms with Crippen molar-refractivity contribution in [1.29, 1.82) is 0 Å². The molecule has 2 fully saturated rings. The van der Waals surface area contributed by atoms with Gasteiger partial charge >= 0.3 is 0 Å². The first-order valence-corrected chi connectivity index (χ1v) is 13.9. The van der Waals surface area contributed by atoms with Gasteiger partial charge in [-0.1, -0.05) is 54.4 Å². The number of aliphatic hydroxyl groups excluding tert-OH is 2. The summed E-state index contributed by atoms with van der Waals surface area (Å²) >= 11 is 0. The molecule has 2 N–H and O–H groups in total. The smallest absolute Gasteiger partial charge is 0.168 e. The van der Waals surface area contributed by atoms with Crippen molar-refractivity contribution in [3.05, 3.63) is 22.7 Å². The minimum absolute atomic E-state index is 0.0119. The molecule has 0 heterocycles. The summed E-state index contributed by atoms with van der Waals surface area (Å²) in [6.07, 6.45) is 8.81. The number of rotatable bonds is 11. The number of aliphatic hydroxyl groups is 2. The summed E-state index contributed by atoms with van der Waals surface area (Å²) < 4.78 is 0. The lowest BCUT2D eigenvalue weighted by Gasteiger charge is -2.31. The number of aliphatic imine (C=N–C) groups is 2. The molecule has 0 unspecified atom stereocenters. The standard InChI is InChI=1S/C30H48N2O4/c1-7-13-23(33)27-21(17-29(3,4)19-25(27)35)31-15-11-9-10-12-16-32-22-18-30(5,6)20-26(36)28(22)24(34)14-8-2/h33-34H,7-20H2,1-6H3. The second-order valence-electron chi connectivity index (χ2n) is 12.1. The fraction of sp³-hybridized carbons (Fsp3) is 0.733. The third-order valence-electron chi connectivity index (χ3n) is 6.93. The van der Waals surface area contributed by atoms with E-state index in [0.717, 1.165) is 62.8 Å². The molecule has 6 heteroatoms. The fourth-order valence-corrected chi connectivity index (χ4v) is 5.23. The van der Waals surface area contributed by atoms with Gasteiger partial charge in [-0.05, 0) is 49.4 Å². The molecule has 0 aromatic heterocycles. The van der Waals surface area contributed by atoms with Gasteiger partial charge in [0.25, 0.3) is 0 Å². The number of unbranched alkanes of at least 4 members (excludes halogenated alkanes) is 3. The van der Waals surface area contributed by atoms with Gasteiger partial charge in [0, 0.05) is 50.2 Å². The molecule has 0 aromatic rings. The molecule has 0 amide bonds. The van der Waals surface area contributed by atoms with Gasteiger partial charge in [0.2, 0.25) is 0 Å². The highest BCUT2D eigenvalue weighted by Gasteiger charge is 2.37. The Balaban J connectivity index is 1.92. The van der Waals surface area contributed by atoms with Gasteiger partial charge in [-0.2, -0.15) is 0 Å². The average molecular weight is 501 g/mol. The normalized spacial score (nSPS) is 24.9. The molecular formula is C30H48N2O4. The third-order valence-corrected chi connectivity index (χ3v) is 6.93. The fourth-order valence-electron chi connectivity index (χ4n) is 5.23. The van der Waals surface area contributed by atoms with Gasteiger partial charge in [-0.25, -0.2) is 0 Å². The Hall–Kier alpha value is -2.24. The molecule has 0 bridgehead atoms. The molecule has 2 aliphatic carbocycles. The maximum absolute atomic E-state index is 12.7. The molecule has 0 atom stereocenters. The molecule has 0 spiro atoms. The third kappa shape index (κ3) is 8.70. The molecule has 6 nitrogen and oxygen atoms in total. The molecule has 0 aliphatic heterocycles. The predicted octanol–water partition coefficient (Wildman–Crippen LogP) is 7.43. The predicted molar refractivity (Wildman–Crippen MR) is 148 cm³/mol. The number of carbonyl (C=O) groups excluding carboxylic acids is 2. The quantitative estimate of drug-likeness (QED) is 0.175. The highest BCUT2D eigenvalue weighted by atomic mass is 16.3. The second-order valence-corrected chi connectivity index (χ2v) is 12.1. The Morgan fingerprint density at radius 3 is 1.36 bits per heavy atom. The Labute approximate surface area is 218 Å². The van der Waals surface area contributed by atoms with Crippen molar-refractivity contribution >= 4 is 23.0 Å². The van der Waals surface area contributed by atoms with E-state index in [-0.39, 0.29) is 33.9 Å². The lowest BCUT2D eigenvalue weighted by Crippen LogP contribution is -2.33. The van der Waals surface area contributed by atoms with E-state index >= 15 is 0 Å². The minimum atomic E-state index is -0.126. The molecular weight excluding hydrogens is 452 g/mol. The maximum Gasteiger partial charge on any atom is 0.168 e. The van der Waals surface area contributed by atoms with Crippen molar-refractivity contribution in [2.24, 2.45) is 20.8 Å². The number of Topliss-reactive ketones (excluding diaryl/α,β-unsaturated/α-hetero) is 2. The summed E-state index contributed by atoms with van der Waals surface area (Å²) in [5, 5.41) is 20.9. The average Bonchev–Trinajstić information content (AvgIpc) is 2.73. The largest absolute Gasteiger partial charge is 0.511 e. The van der Waals surface area contributed by atoms with E-state index < -0.39 is 0 Å². The van der Waals surface area contributed by atoms with Crippen LogP contribution in [-0.4, -0.2) is 46.3 Å². The van der Waals surface area contributed by atoms with Crippen LogP contribution in [0.15, 0.2) is 32.6 Å². The molecule has 2 saturated carbocycles. The SMILES string of the molecule is CCCC(O)=C1C(=O)CC(C)(C)CC1=NCCCCCCN=C1CC(C)(C)CC(=O)C1=C(O)CCC. The van der Waals surface area contributed by atoms with Crippen molar-refractivity contribution in [3.63, 3.8) is 0 Å². The number of ketones is 2. The van der Waals surface area contributed by atoms with Crippen molar-refractivity contribution in [2.75, 3.05) is 13.1 Å². The summed E-state index contributed by atoms with van der Waals surface area (Å²) in [4.78, 5) is 34.9. The van der Waals surface area contributed by atoms with E-state index in [1.165, 1.54) is 0 Å². The molecule has 2 aliphatic rings. The highest BCUT2D eigenvalue weighted by Crippen LogP contribution is 2.37. The van der Waals surface area contributed by atoms with Crippen LogP contribution < -0.4 is 0 Å². The van der Waals surface area contributed by atoms with E-state index in [4.69, 9.17) is 9.98 Å². The molecule has 2 rings (SSSR count). The number of hydrogen-bond acceptors (Lipinski definition) is 6. The Bertz CT molecular complexity index is 859. The Kier molecular flexibility index (Phi) is 11.1. The Morgan fingerprint density at radius 2 is 1.03 bits per heavy atom. The molecule has 36 heavy (non-hydrogen) atoms. The van der Waals surface area contributed by atoms with Gasteiger partial charge in [-0.3, -0.25) is 19.6 Å². The summed E-state index contributed by atoms with van der Waals surface area (Å²) in [6, 6.07) is 0. The van der Waals surface area contributed by atoms with Gasteiger partial charge in [0.1, 0.15) is 11.5 Å². The van der Waals surface area contributed by atoms with Gasteiger partial charge in [0.05, 0.1) is 11.1 Å². The van der Waals surface area contributed by atoms with Crippen molar-refractivity contribution < 1.29 is 19.8 Å². The summed E-state index contributed by atoms with van der Waals surface area (Å²) in [6.45, 7) is 13.6. The lowest BCUT2D eigenvalue weighted by atomic mass is 9.73. The van der Waals surface area contributed by atoms with Crippen molar-refractivity contribution in [2.45, 2.75) is 119 Å². The van der Waals surface area contributed by atoms with Crippen LogP contribution in [0, 0.1) is 10.8 Å². The lowest BCUT2D eigenvalue weighted by molar-refractivity contribution is -0.118. The van der Waals surface area contributed by atoms with Crippen molar-refractivity contribution in [3.8, 4) is 0 Å². The van der Waals surface area contributed by atoms with Gasteiger partial charge in [-0.15, -0.1) is 0 Å². The number of carbonyl (C=O) groups is 2. The number of hydrogen-bond donors (Lipinski definition) is 2. The van der Waals surface area contributed by atoms with Crippen LogP contribution in [0.4, 0.5) is 0 Å². The van der Waals surface area contributed by atoms with E-state index in [0.29, 0.717) is 49.9 Å². The zero-order chi connectivity index (χ0) is 26.9. The van der Waals surface area contributed by atoms with Crippen LogP contribution in [0.25, 0.3) is 0 Å². The van der Waals surface area contributed by atoms with E-state index in [2.05, 4.69) is 27.7 Å². The highest BCUT2D eigenvalue weighted by molar-refractivity contribution is 6.25. The first-order chi connectivity index (χ1) is 16.9. The zero-order valence-corrected chi connectivity index (χ0v) is 23.5. The molecule has 0 saturated heterocycles. The monoisotopic (exact) mass is 500 g/mol. The first kappa shape index (κ1) is 30.0. The molecule has 202 valence electrons. The number of allylic oxidation sites excluding steroid dienone is 4. The van der Waals surface area contributed by atoms with E-state index in [1.807, 2.05) is 13.8 Å². The summed E-state index contributed by atoms with van der Waals surface area (Å²) in [5.74, 6) is 0.410. The summed E-state index contributed by atoms with van der Waals surface area (Å²) in [5.41, 5.74) is 2.21. The zero-order valence-electron chi connectivity index (χ0n) is 23.5. The molecule has 0 radical (unpaired) electrons. The van der Waals surface area contributed by atoms with Crippen LogP contribution >= 0.6 is 0 Å². The number of nitrogens with zero attached hydrogens (tertiary/aromatic N) is 2. The second kappa shape index (κ2) is 13.3. The van der Waals surface area contributed by atoms with Crippen LogP contribution in [0.5, 0.6) is 0 Å². The Morgan fingerprint density at radius 1 is 0.667 bits per heavy atom. The van der Waals surface area contributed by atoms with Crippen LogP contribution in [0.3, 0.4) is 0 Å². The first-order valence-electron chi connectivity index (χ1n) is 13.9. The topological polar surface area (TPSA) is 99.3 Å². The minimum Gasteiger partial charge on any atom is -0.511 e. The molecule has 0 aromatic carbocycles.